The monoisotopic (exact) mass is 351 g/mol. The molecular formula is C16H21N3O4S. The Morgan fingerprint density at radius 1 is 1.25 bits per heavy atom. The van der Waals surface area contributed by atoms with Crippen molar-refractivity contribution >= 4 is 21.6 Å². The summed E-state index contributed by atoms with van der Waals surface area (Å²) in [5.41, 5.74) is 1.34. The second kappa shape index (κ2) is 7.59. The zero-order valence-corrected chi connectivity index (χ0v) is 14.7. The minimum Gasteiger partial charge on any atom is -0.360 e. The molecular weight excluding hydrogens is 330 g/mol. The lowest BCUT2D eigenvalue weighted by Crippen LogP contribution is -2.23. The topological polar surface area (TPSA) is 101 Å². The minimum absolute atomic E-state index is 0.0286. The van der Waals surface area contributed by atoms with Crippen LogP contribution in [0.3, 0.4) is 0 Å². The van der Waals surface area contributed by atoms with Crippen LogP contribution in [0.4, 0.5) is 5.69 Å². The van der Waals surface area contributed by atoms with Gasteiger partial charge in [-0.1, -0.05) is 19.0 Å². The van der Waals surface area contributed by atoms with E-state index in [1.807, 2.05) is 0 Å². The third kappa shape index (κ3) is 5.17. The maximum Gasteiger partial charge on any atom is 0.240 e. The Bertz CT molecular complexity index is 795. The molecule has 2 aromatic rings. The molecule has 0 saturated heterocycles. The average Bonchev–Trinajstić information content (AvgIpc) is 2.92. The molecule has 24 heavy (non-hydrogen) atoms. The number of nitrogens with one attached hydrogen (secondary N) is 2. The van der Waals surface area contributed by atoms with Gasteiger partial charge in [0.25, 0.3) is 0 Å². The van der Waals surface area contributed by atoms with Crippen LogP contribution in [0.5, 0.6) is 0 Å². The summed E-state index contributed by atoms with van der Waals surface area (Å²) in [6.45, 7) is 5.56. The van der Waals surface area contributed by atoms with E-state index in [0.29, 0.717) is 17.4 Å². The average molecular weight is 351 g/mol. The zero-order valence-electron chi connectivity index (χ0n) is 13.9. The van der Waals surface area contributed by atoms with Gasteiger partial charge in [0.1, 0.15) is 0 Å². The predicted molar refractivity (Wildman–Crippen MR) is 89.8 cm³/mol. The fourth-order valence-electron chi connectivity index (χ4n) is 2.12. The summed E-state index contributed by atoms with van der Waals surface area (Å²) in [4.78, 5) is 11.1. The molecule has 0 saturated carbocycles. The van der Waals surface area contributed by atoms with Crippen molar-refractivity contribution in [1.29, 1.82) is 0 Å². The molecule has 1 aromatic carbocycles. The second-order valence-electron chi connectivity index (χ2n) is 5.91. The number of anilines is 1. The van der Waals surface area contributed by atoms with Crippen molar-refractivity contribution in [2.45, 2.75) is 38.6 Å². The van der Waals surface area contributed by atoms with Gasteiger partial charge in [-0.2, -0.15) is 0 Å². The molecule has 0 unspecified atom stereocenters. The van der Waals surface area contributed by atoms with Crippen LogP contribution in [0.25, 0.3) is 0 Å². The van der Waals surface area contributed by atoms with Crippen LogP contribution in [0.2, 0.25) is 0 Å². The first-order chi connectivity index (χ1) is 11.3. The van der Waals surface area contributed by atoms with Crippen LogP contribution in [0.1, 0.15) is 32.2 Å². The van der Waals surface area contributed by atoms with Crippen molar-refractivity contribution in [3.05, 3.63) is 41.8 Å². The van der Waals surface area contributed by atoms with Gasteiger partial charge < -0.3 is 9.84 Å². The van der Waals surface area contributed by atoms with E-state index < -0.39 is 10.0 Å². The van der Waals surface area contributed by atoms with E-state index in [1.54, 1.807) is 6.07 Å². The summed E-state index contributed by atoms with van der Waals surface area (Å²) < 4.78 is 32.1. The summed E-state index contributed by atoms with van der Waals surface area (Å²) >= 11 is 0. The van der Waals surface area contributed by atoms with Gasteiger partial charge in [0.05, 0.1) is 17.1 Å². The summed E-state index contributed by atoms with van der Waals surface area (Å²) in [7, 11) is -3.67. The van der Waals surface area contributed by atoms with Crippen molar-refractivity contribution in [3.8, 4) is 0 Å². The molecule has 130 valence electrons. The van der Waals surface area contributed by atoms with Crippen LogP contribution in [0, 0.1) is 5.92 Å². The smallest absolute Gasteiger partial charge is 0.240 e. The molecule has 0 spiro atoms. The molecule has 8 heteroatoms. The molecule has 0 atom stereocenters. The first-order valence-electron chi connectivity index (χ1n) is 7.58. The number of hydrogen-bond acceptors (Lipinski definition) is 5. The third-order valence-electron chi connectivity index (χ3n) is 3.15. The normalized spacial score (nSPS) is 11.7. The summed E-state index contributed by atoms with van der Waals surface area (Å²) in [5, 5.41) is 6.50. The highest BCUT2D eigenvalue weighted by Crippen LogP contribution is 2.15. The lowest BCUT2D eigenvalue weighted by atomic mass is 10.1. The Kier molecular flexibility index (Phi) is 5.74. The number of hydrogen-bond donors (Lipinski definition) is 2. The maximum atomic E-state index is 12.3. The second-order valence-corrected chi connectivity index (χ2v) is 7.68. The number of nitrogens with zero attached hydrogens (tertiary/aromatic N) is 1. The van der Waals surface area contributed by atoms with Crippen molar-refractivity contribution in [2.75, 3.05) is 5.32 Å². The summed E-state index contributed by atoms with van der Waals surface area (Å²) in [6, 6.07) is 7.68. The van der Waals surface area contributed by atoms with E-state index in [2.05, 4.69) is 29.0 Å². The molecule has 0 radical (unpaired) electrons. The van der Waals surface area contributed by atoms with E-state index >= 15 is 0 Å². The van der Waals surface area contributed by atoms with E-state index in [9.17, 15) is 13.2 Å². The lowest BCUT2D eigenvalue weighted by molar-refractivity contribution is -0.114. The fraction of sp³-hybridized carbons (Fsp3) is 0.375. The molecule has 7 nitrogen and oxygen atoms in total. The molecule has 1 heterocycles. The molecule has 0 bridgehead atoms. The molecule has 2 N–H and O–H groups in total. The van der Waals surface area contributed by atoms with Gasteiger partial charge >= 0.3 is 0 Å². The van der Waals surface area contributed by atoms with Crippen molar-refractivity contribution < 1.29 is 17.7 Å². The molecule has 0 aliphatic rings. The largest absolute Gasteiger partial charge is 0.360 e. The Balaban J connectivity index is 2.00. The summed E-state index contributed by atoms with van der Waals surface area (Å²) in [6.07, 6.45) is 0.779. The molecule has 2 rings (SSSR count). The van der Waals surface area contributed by atoms with Gasteiger partial charge in [0.15, 0.2) is 5.76 Å². The quantitative estimate of drug-likeness (QED) is 0.797. The summed E-state index contributed by atoms with van der Waals surface area (Å²) in [5.74, 6) is 0.692. The van der Waals surface area contributed by atoms with Gasteiger partial charge in [-0.15, -0.1) is 0 Å². The Morgan fingerprint density at radius 2 is 1.92 bits per heavy atom. The lowest BCUT2D eigenvalue weighted by Gasteiger charge is -2.06. The van der Waals surface area contributed by atoms with Gasteiger partial charge in [-0.05, 0) is 36.6 Å². The zero-order chi connectivity index (χ0) is 17.7. The number of carbonyl (C=O) groups excluding carboxylic acids is 1. The Labute approximate surface area is 141 Å². The number of amides is 1. The molecule has 1 amide bonds. The highest BCUT2D eigenvalue weighted by atomic mass is 32.2. The first-order valence-corrected chi connectivity index (χ1v) is 9.06. The number of rotatable bonds is 7. The van der Waals surface area contributed by atoms with Crippen molar-refractivity contribution in [1.82, 2.24) is 9.88 Å². The standard InChI is InChI=1S/C16H21N3O4S/c1-11(2)8-14-9-15(23-19-14)10-17-24(21,22)16-6-4-13(5-7-16)18-12(3)20/h4-7,9,11,17H,8,10H2,1-3H3,(H,18,20). The molecule has 0 aliphatic carbocycles. The van der Waals surface area contributed by atoms with Crippen LogP contribution >= 0.6 is 0 Å². The SMILES string of the molecule is CC(=O)Nc1ccc(S(=O)(=O)NCc2cc(CC(C)C)no2)cc1. The van der Waals surface area contributed by atoms with E-state index in [4.69, 9.17) is 4.52 Å². The predicted octanol–water partition coefficient (Wildman–Crippen LogP) is 2.31. The highest BCUT2D eigenvalue weighted by molar-refractivity contribution is 7.89. The molecule has 1 aromatic heterocycles. The van der Waals surface area contributed by atoms with Gasteiger partial charge in [-0.3, -0.25) is 4.79 Å². The van der Waals surface area contributed by atoms with E-state index in [-0.39, 0.29) is 17.3 Å². The third-order valence-corrected chi connectivity index (χ3v) is 4.56. The van der Waals surface area contributed by atoms with E-state index in [0.717, 1.165) is 12.1 Å². The number of carbonyl (C=O) groups is 1. The Morgan fingerprint density at radius 3 is 2.50 bits per heavy atom. The van der Waals surface area contributed by atoms with Crippen LogP contribution < -0.4 is 10.0 Å². The minimum atomic E-state index is -3.67. The van der Waals surface area contributed by atoms with Crippen molar-refractivity contribution in [2.24, 2.45) is 5.92 Å². The maximum absolute atomic E-state index is 12.3. The fourth-order valence-corrected chi connectivity index (χ4v) is 3.12. The van der Waals surface area contributed by atoms with Crippen LogP contribution in [-0.4, -0.2) is 19.5 Å². The van der Waals surface area contributed by atoms with Gasteiger partial charge in [0.2, 0.25) is 15.9 Å². The van der Waals surface area contributed by atoms with Crippen LogP contribution in [-0.2, 0) is 27.8 Å². The molecule has 0 aliphatic heterocycles. The highest BCUT2D eigenvalue weighted by Gasteiger charge is 2.15. The number of benzene rings is 1. The Hall–Kier alpha value is -2.19. The van der Waals surface area contributed by atoms with Crippen LogP contribution in [0.15, 0.2) is 39.8 Å². The van der Waals surface area contributed by atoms with Crippen molar-refractivity contribution in [3.63, 3.8) is 0 Å². The van der Waals surface area contributed by atoms with E-state index in [1.165, 1.54) is 31.2 Å². The van der Waals surface area contributed by atoms with Gasteiger partial charge in [0, 0.05) is 18.7 Å². The molecule has 0 fully saturated rings. The number of sulfonamides is 1. The number of aromatic nitrogens is 1. The first kappa shape index (κ1) is 18.2. The van der Waals surface area contributed by atoms with Gasteiger partial charge in [-0.25, -0.2) is 13.1 Å².